The maximum Gasteiger partial charge on any atom is 0.152 e. The van der Waals surface area contributed by atoms with Crippen LogP contribution in [-0.4, -0.2) is 33.0 Å². The van der Waals surface area contributed by atoms with Gasteiger partial charge in [0, 0.05) is 13.1 Å². The Hall–Kier alpha value is -0.0900. The lowest BCUT2D eigenvalue weighted by Crippen LogP contribution is -2.42. The van der Waals surface area contributed by atoms with E-state index in [2.05, 4.69) is 5.32 Å². The van der Waals surface area contributed by atoms with E-state index >= 15 is 0 Å². The average molecular weight is 189 g/mol. The maximum absolute atomic E-state index is 11.4. The molecule has 1 spiro atoms. The van der Waals surface area contributed by atoms with Crippen molar-refractivity contribution in [2.75, 3.05) is 24.6 Å². The van der Waals surface area contributed by atoms with E-state index in [-0.39, 0.29) is 5.41 Å². The van der Waals surface area contributed by atoms with Gasteiger partial charge in [-0.2, -0.15) is 0 Å². The van der Waals surface area contributed by atoms with E-state index in [0.29, 0.717) is 18.1 Å². The first kappa shape index (κ1) is 8.51. The van der Waals surface area contributed by atoms with Crippen LogP contribution in [0.1, 0.15) is 19.3 Å². The van der Waals surface area contributed by atoms with E-state index in [9.17, 15) is 8.42 Å². The minimum absolute atomic E-state index is 0.120. The highest BCUT2D eigenvalue weighted by Crippen LogP contribution is 2.42. The molecule has 0 radical (unpaired) electrons. The van der Waals surface area contributed by atoms with Gasteiger partial charge in [-0.25, -0.2) is 8.42 Å². The predicted molar refractivity (Wildman–Crippen MR) is 47.8 cm³/mol. The molecule has 1 aliphatic heterocycles. The Kier molecular flexibility index (Phi) is 1.92. The zero-order valence-corrected chi connectivity index (χ0v) is 7.99. The van der Waals surface area contributed by atoms with E-state index in [1.54, 1.807) is 0 Å². The molecule has 0 bridgehead atoms. The van der Waals surface area contributed by atoms with Gasteiger partial charge in [-0.1, -0.05) is 6.42 Å². The second-order valence-corrected chi connectivity index (χ2v) is 6.31. The smallest absolute Gasteiger partial charge is 0.152 e. The molecule has 70 valence electrons. The van der Waals surface area contributed by atoms with Crippen LogP contribution in [0.5, 0.6) is 0 Å². The summed E-state index contributed by atoms with van der Waals surface area (Å²) in [6.07, 6.45) is 3.40. The van der Waals surface area contributed by atoms with E-state index in [4.69, 9.17) is 0 Å². The van der Waals surface area contributed by atoms with E-state index in [1.807, 2.05) is 0 Å². The number of hydrogen-bond donors (Lipinski definition) is 1. The number of nitrogens with one attached hydrogen (secondary N) is 1. The summed E-state index contributed by atoms with van der Waals surface area (Å²) in [5, 5.41) is 3.22. The molecule has 1 saturated heterocycles. The Morgan fingerprint density at radius 1 is 1.25 bits per heavy atom. The summed E-state index contributed by atoms with van der Waals surface area (Å²) >= 11 is 0. The van der Waals surface area contributed by atoms with Crippen molar-refractivity contribution in [3.63, 3.8) is 0 Å². The SMILES string of the molecule is O=S1(=O)CCNCC2(CCC2)C1. The van der Waals surface area contributed by atoms with Gasteiger partial charge in [0.2, 0.25) is 0 Å². The Morgan fingerprint density at radius 3 is 2.58 bits per heavy atom. The average Bonchev–Trinajstić information content (AvgIpc) is 2.06. The van der Waals surface area contributed by atoms with Crippen LogP contribution in [-0.2, 0) is 9.84 Å². The summed E-state index contributed by atoms with van der Waals surface area (Å²) in [4.78, 5) is 0. The fourth-order valence-corrected chi connectivity index (χ4v) is 4.09. The van der Waals surface area contributed by atoms with Crippen molar-refractivity contribution >= 4 is 9.84 Å². The zero-order chi connectivity index (χ0) is 8.66. The zero-order valence-electron chi connectivity index (χ0n) is 7.17. The molecule has 1 aliphatic carbocycles. The van der Waals surface area contributed by atoms with Crippen LogP contribution in [0.25, 0.3) is 0 Å². The quantitative estimate of drug-likeness (QED) is 0.591. The van der Waals surface area contributed by atoms with Crippen molar-refractivity contribution in [1.29, 1.82) is 0 Å². The van der Waals surface area contributed by atoms with E-state index in [0.717, 1.165) is 19.4 Å². The lowest BCUT2D eigenvalue weighted by atomic mass is 9.70. The Morgan fingerprint density at radius 2 is 2.00 bits per heavy atom. The summed E-state index contributed by atoms with van der Waals surface area (Å²) in [7, 11) is -2.75. The van der Waals surface area contributed by atoms with Crippen molar-refractivity contribution in [1.82, 2.24) is 5.32 Å². The topological polar surface area (TPSA) is 46.2 Å². The molecule has 4 heteroatoms. The summed E-state index contributed by atoms with van der Waals surface area (Å²) in [6, 6.07) is 0. The molecule has 2 rings (SSSR count). The molecule has 0 amide bonds. The van der Waals surface area contributed by atoms with Crippen molar-refractivity contribution in [2.24, 2.45) is 5.41 Å². The summed E-state index contributed by atoms with van der Waals surface area (Å²) < 4.78 is 22.9. The van der Waals surface area contributed by atoms with Gasteiger partial charge in [0.05, 0.1) is 11.5 Å². The molecule has 0 aromatic carbocycles. The van der Waals surface area contributed by atoms with Crippen LogP contribution >= 0.6 is 0 Å². The second kappa shape index (κ2) is 2.70. The lowest BCUT2D eigenvalue weighted by Gasteiger charge is -2.40. The number of hydrogen-bond acceptors (Lipinski definition) is 3. The van der Waals surface area contributed by atoms with Gasteiger partial charge in [0.25, 0.3) is 0 Å². The van der Waals surface area contributed by atoms with Crippen LogP contribution in [0, 0.1) is 5.41 Å². The first-order chi connectivity index (χ1) is 5.62. The van der Waals surface area contributed by atoms with Crippen LogP contribution < -0.4 is 5.32 Å². The molecule has 3 nitrogen and oxygen atoms in total. The molecule has 2 aliphatic rings. The fourth-order valence-electron chi connectivity index (χ4n) is 2.17. The fraction of sp³-hybridized carbons (Fsp3) is 1.00. The van der Waals surface area contributed by atoms with Gasteiger partial charge in [0.15, 0.2) is 9.84 Å². The highest BCUT2D eigenvalue weighted by Gasteiger charge is 2.41. The van der Waals surface area contributed by atoms with Gasteiger partial charge >= 0.3 is 0 Å². The molecule has 12 heavy (non-hydrogen) atoms. The number of sulfone groups is 1. The molecular weight excluding hydrogens is 174 g/mol. The third-order valence-corrected chi connectivity index (χ3v) is 4.91. The molecule has 0 unspecified atom stereocenters. The van der Waals surface area contributed by atoms with Gasteiger partial charge in [-0.15, -0.1) is 0 Å². The van der Waals surface area contributed by atoms with Gasteiger partial charge < -0.3 is 5.32 Å². The van der Waals surface area contributed by atoms with E-state index in [1.165, 1.54) is 6.42 Å². The number of rotatable bonds is 0. The van der Waals surface area contributed by atoms with Crippen molar-refractivity contribution in [3.8, 4) is 0 Å². The van der Waals surface area contributed by atoms with Crippen molar-refractivity contribution in [2.45, 2.75) is 19.3 Å². The summed E-state index contributed by atoms with van der Waals surface area (Å²) in [5.74, 6) is 0.752. The predicted octanol–water partition coefficient (Wildman–Crippen LogP) is 0.175. The molecule has 1 heterocycles. The van der Waals surface area contributed by atoms with Crippen molar-refractivity contribution in [3.05, 3.63) is 0 Å². The Bertz CT molecular complexity index is 267. The molecule has 1 N–H and O–H groups in total. The molecular formula is C8H15NO2S. The first-order valence-corrected chi connectivity index (χ1v) is 6.35. The highest BCUT2D eigenvalue weighted by atomic mass is 32.2. The van der Waals surface area contributed by atoms with Gasteiger partial charge in [-0.05, 0) is 18.3 Å². The lowest BCUT2D eigenvalue weighted by molar-refractivity contribution is 0.165. The Labute approximate surface area is 73.5 Å². The minimum Gasteiger partial charge on any atom is -0.315 e. The maximum atomic E-state index is 11.4. The molecule has 1 saturated carbocycles. The minimum atomic E-state index is -2.75. The standard InChI is InChI=1S/C8H15NO2S/c10-12(11)5-4-9-6-8(7-12)2-1-3-8/h9H,1-7H2. The summed E-state index contributed by atoms with van der Waals surface area (Å²) in [5.41, 5.74) is 0.120. The second-order valence-electron chi connectivity index (χ2n) is 4.12. The third-order valence-electron chi connectivity index (χ3n) is 3.03. The van der Waals surface area contributed by atoms with Gasteiger partial charge in [0.1, 0.15) is 0 Å². The van der Waals surface area contributed by atoms with Crippen LogP contribution in [0.3, 0.4) is 0 Å². The molecule has 0 atom stereocenters. The largest absolute Gasteiger partial charge is 0.315 e. The van der Waals surface area contributed by atoms with Crippen molar-refractivity contribution < 1.29 is 8.42 Å². The molecule has 0 aromatic heterocycles. The normalized spacial score (nSPS) is 32.3. The van der Waals surface area contributed by atoms with Crippen LogP contribution in [0.4, 0.5) is 0 Å². The summed E-state index contributed by atoms with van der Waals surface area (Å²) in [6.45, 7) is 1.55. The highest BCUT2D eigenvalue weighted by molar-refractivity contribution is 7.91. The first-order valence-electron chi connectivity index (χ1n) is 4.53. The van der Waals surface area contributed by atoms with E-state index < -0.39 is 9.84 Å². The third kappa shape index (κ3) is 1.50. The van der Waals surface area contributed by atoms with Crippen LogP contribution in [0.2, 0.25) is 0 Å². The monoisotopic (exact) mass is 189 g/mol. The molecule has 2 fully saturated rings. The van der Waals surface area contributed by atoms with Crippen LogP contribution in [0.15, 0.2) is 0 Å². The molecule has 0 aromatic rings. The van der Waals surface area contributed by atoms with Gasteiger partial charge in [-0.3, -0.25) is 0 Å². The Balaban J connectivity index is 2.16.